The fourth-order valence-corrected chi connectivity index (χ4v) is 1.58. The summed E-state index contributed by atoms with van der Waals surface area (Å²) >= 11 is 3.36. The summed E-state index contributed by atoms with van der Waals surface area (Å²) in [5.41, 5.74) is 0. The van der Waals surface area contributed by atoms with Gasteiger partial charge in [0.2, 0.25) is 5.95 Å². The highest BCUT2D eigenvalue weighted by molar-refractivity contribution is 9.10. The Morgan fingerprint density at radius 2 is 1.79 bits per heavy atom. The molecule has 100 valence electrons. The molecule has 2 rings (SSSR count). The number of aromatic nitrogens is 3. The number of benzene rings is 1. The minimum Gasteiger partial charge on any atom is -0.467 e. The number of anilines is 1. The molecule has 0 radical (unpaired) electrons. The Balaban J connectivity index is 2.23. The van der Waals surface area contributed by atoms with Gasteiger partial charge in [-0.3, -0.25) is 0 Å². The molecule has 7 heteroatoms. The van der Waals surface area contributed by atoms with Crippen molar-refractivity contribution < 1.29 is 9.47 Å². The smallest absolute Gasteiger partial charge is 0.330 e. The molecule has 0 fully saturated rings. The van der Waals surface area contributed by atoms with Crippen molar-refractivity contribution in [3.05, 3.63) is 28.7 Å². The van der Waals surface area contributed by atoms with E-state index < -0.39 is 0 Å². The van der Waals surface area contributed by atoms with Gasteiger partial charge in [-0.05, 0) is 31.2 Å². The van der Waals surface area contributed by atoms with Gasteiger partial charge in [0.25, 0.3) is 0 Å². The maximum Gasteiger partial charge on any atom is 0.330 e. The van der Waals surface area contributed by atoms with Gasteiger partial charge in [0, 0.05) is 11.0 Å². The van der Waals surface area contributed by atoms with E-state index in [9.17, 15) is 0 Å². The molecule has 0 bridgehead atoms. The van der Waals surface area contributed by atoms with E-state index in [1.165, 1.54) is 7.11 Å². The summed E-state index contributed by atoms with van der Waals surface area (Å²) in [4.78, 5) is 12.2. The first-order valence-corrected chi connectivity index (χ1v) is 6.48. The van der Waals surface area contributed by atoms with E-state index in [1.54, 1.807) is 0 Å². The zero-order valence-electron chi connectivity index (χ0n) is 10.6. The third-order valence-electron chi connectivity index (χ3n) is 2.13. The maximum absolute atomic E-state index is 5.56. The van der Waals surface area contributed by atoms with Crippen LogP contribution in [0.2, 0.25) is 0 Å². The van der Waals surface area contributed by atoms with Gasteiger partial charge in [-0.15, -0.1) is 4.98 Å². The van der Waals surface area contributed by atoms with Crippen molar-refractivity contribution in [1.82, 2.24) is 15.0 Å². The molecule has 19 heavy (non-hydrogen) atoms. The molecule has 1 N–H and O–H groups in total. The standard InChI is InChI=1S/C12H13BrN4O2/c1-3-14-10-15-11(18-2)17-12(16-10)19-9-6-4-8(13)5-7-9/h4-7H,3H2,1-2H3,(H,14,15,16,17). The van der Waals surface area contributed by atoms with E-state index in [0.29, 0.717) is 18.2 Å². The molecule has 0 saturated heterocycles. The van der Waals surface area contributed by atoms with Crippen LogP contribution in [0.1, 0.15) is 6.92 Å². The van der Waals surface area contributed by atoms with Crippen LogP contribution in [0, 0.1) is 0 Å². The SMILES string of the molecule is CCNc1nc(OC)nc(Oc2ccc(Br)cc2)n1. The maximum atomic E-state index is 5.56. The van der Waals surface area contributed by atoms with Crippen LogP contribution >= 0.6 is 15.9 Å². The Morgan fingerprint density at radius 1 is 1.11 bits per heavy atom. The first kappa shape index (κ1) is 13.5. The zero-order valence-corrected chi connectivity index (χ0v) is 12.1. The van der Waals surface area contributed by atoms with Gasteiger partial charge in [-0.2, -0.15) is 9.97 Å². The van der Waals surface area contributed by atoms with Gasteiger partial charge >= 0.3 is 12.0 Å². The molecule has 0 aliphatic rings. The molecule has 0 unspecified atom stereocenters. The Hall–Kier alpha value is -1.89. The van der Waals surface area contributed by atoms with Gasteiger partial charge in [-0.1, -0.05) is 15.9 Å². The van der Waals surface area contributed by atoms with Crippen LogP contribution in [0.4, 0.5) is 5.95 Å². The van der Waals surface area contributed by atoms with Crippen molar-refractivity contribution in [1.29, 1.82) is 0 Å². The highest BCUT2D eigenvalue weighted by Gasteiger charge is 2.08. The topological polar surface area (TPSA) is 69.2 Å². The van der Waals surface area contributed by atoms with Crippen LogP contribution in [0.3, 0.4) is 0 Å². The van der Waals surface area contributed by atoms with Crippen molar-refractivity contribution in [3.8, 4) is 17.8 Å². The summed E-state index contributed by atoms with van der Waals surface area (Å²) in [5, 5.41) is 2.99. The van der Waals surface area contributed by atoms with Gasteiger partial charge in [0.15, 0.2) is 0 Å². The van der Waals surface area contributed by atoms with E-state index in [4.69, 9.17) is 9.47 Å². The number of hydrogen-bond donors (Lipinski definition) is 1. The van der Waals surface area contributed by atoms with Gasteiger partial charge in [0.05, 0.1) is 7.11 Å². The molecular formula is C12H13BrN4O2. The third kappa shape index (κ3) is 3.78. The van der Waals surface area contributed by atoms with Gasteiger partial charge in [0.1, 0.15) is 5.75 Å². The molecule has 0 aliphatic carbocycles. The Bertz CT molecular complexity index is 548. The van der Waals surface area contributed by atoms with Crippen LogP contribution in [-0.4, -0.2) is 28.6 Å². The van der Waals surface area contributed by atoms with Crippen molar-refractivity contribution in [2.75, 3.05) is 19.0 Å². The number of nitrogens with zero attached hydrogens (tertiary/aromatic N) is 3. The second-order valence-electron chi connectivity index (χ2n) is 3.51. The number of ether oxygens (including phenoxy) is 2. The molecule has 1 aromatic heterocycles. The van der Waals surface area contributed by atoms with Crippen LogP contribution in [-0.2, 0) is 0 Å². The summed E-state index contributed by atoms with van der Waals surface area (Å²) in [6, 6.07) is 7.77. The summed E-state index contributed by atoms with van der Waals surface area (Å²) in [7, 11) is 1.49. The summed E-state index contributed by atoms with van der Waals surface area (Å²) in [6.45, 7) is 2.65. The van der Waals surface area contributed by atoms with Crippen molar-refractivity contribution >= 4 is 21.9 Å². The second kappa shape index (κ2) is 6.33. The third-order valence-corrected chi connectivity index (χ3v) is 2.66. The van der Waals surface area contributed by atoms with Crippen molar-refractivity contribution in [3.63, 3.8) is 0 Å². The molecule has 1 heterocycles. The minimum atomic E-state index is 0.185. The monoisotopic (exact) mass is 324 g/mol. The highest BCUT2D eigenvalue weighted by Crippen LogP contribution is 2.22. The van der Waals surface area contributed by atoms with Crippen molar-refractivity contribution in [2.45, 2.75) is 6.92 Å². The average molecular weight is 325 g/mol. The molecule has 0 atom stereocenters. The first-order valence-electron chi connectivity index (χ1n) is 5.68. The number of nitrogens with one attached hydrogen (secondary N) is 1. The predicted molar refractivity (Wildman–Crippen MR) is 74.8 cm³/mol. The molecule has 0 amide bonds. The average Bonchev–Trinajstić information content (AvgIpc) is 2.41. The minimum absolute atomic E-state index is 0.185. The van der Waals surface area contributed by atoms with E-state index >= 15 is 0 Å². The summed E-state index contributed by atoms with van der Waals surface area (Å²) in [5.74, 6) is 1.06. The number of rotatable bonds is 5. The lowest BCUT2D eigenvalue weighted by Crippen LogP contribution is -2.06. The lowest BCUT2D eigenvalue weighted by Gasteiger charge is -2.07. The Morgan fingerprint density at radius 3 is 2.42 bits per heavy atom. The molecule has 0 saturated carbocycles. The summed E-state index contributed by atoms with van der Waals surface area (Å²) in [6.07, 6.45) is 0. The van der Waals surface area contributed by atoms with E-state index in [2.05, 4.69) is 36.2 Å². The molecule has 0 aliphatic heterocycles. The second-order valence-corrected chi connectivity index (χ2v) is 4.43. The van der Waals surface area contributed by atoms with Crippen LogP contribution in [0.5, 0.6) is 17.8 Å². The molecule has 1 aromatic carbocycles. The molecule has 6 nitrogen and oxygen atoms in total. The van der Waals surface area contributed by atoms with Crippen molar-refractivity contribution in [2.24, 2.45) is 0 Å². The molecule has 2 aromatic rings. The fraction of sp³-hybridized carbons (Fsp3) is 0.250. The fourth-order valence-electron chi connectivity index (χ4n) is 1.32. The predicted octanol–water partition coefficient (Wildman–Crippen LogP) is 2.87. The summed E-state index contributed by atoms with van der Waals surface area (Å²) < 4.78 is 11.5. The number of methoxy groups -OCH3 is 1. The number of hydrogen-bond acceptors (Lipinski definition) is 6. The Labute approximate surface area is 119 Å². The first-order chi connectivity index (χ1) is 9.21. The lowest BCUT2D eigenvalue weighted by molar-refractivity contribution is 0.360. The molecule has 0 spiro atoms. The van der Waals surface area contributed by atoms with Crippen LogP contribution in [0.15, 0.2) is 28.7 Å². The largest absolute Gasteiger partial charge is 0.467 e. The van der Waals surface area contributed by atoms with E-state index in [-0.39, 0.29) is 12.0 Å². The van der Waals surface area contributed by atoms with E-state index in [1.807, 2.05) is 31.2 Å². The van der Waals surface area contributed by atoms with Crippen LogP contribution in [0.25, 0.3) is 0 Å². The number of halogens is 1. The van der Waals surface area contributed by atoms with Gasteiger partial charge in [-0.25, -0.2) is 0 Å². The normalized spacial score (nSPS) is 10.1. The zero-order chi connectivity index (χ0) is 13.7. The van der Waals surface area contributed by atoms with E-state index in [0.717, 1.165) is 4.47 Å². The van der Waals surface area contributed by atoms with Gasteiger partial charge < -0.3 is 14.8 Å². The highest BCUT2D eigenvalue weighted by atomic mass is 79.9. The molecular weight excluding hydrogens is 312 g/mol. The lowest BCUT2D eigenvalue weighted by atomic mass is 10.3. The Kier molecular flexibility index (Phi) is 4.51. The quantitative estimate of drug-likeness (QED) is 0.912. The van der Waals surface area contributed by atoms with Crippen LogP contribution < -0.4 is 14.8 Å².